The molecule has 190 valence electrons. The predicted molar refractivity (Wildman–Crippen MR) is 138 cm³/mol. The van der Waals surface area contributed by atoms with Gasteiger partial charge in [0.05, 0.1) is 18.5 Å². The average molecular weight is 482 g/mol. The molecule has 0 saturated carbocycles. The number of aliphatic hydroxyl groups is 1. The van der Waals surface area contributed by atoms with Gasteiger partial charge in [0, 0.05) is 38.7 Å². The Morgan fingerprint density at radius 1 is 1.11 bits per heavy atom. The maximum Gasteiger partial charge on any atom is 0.255 e. The predicted octanol–water partition coefficient (Wildman–Crippen LogP) is 2.69. The van der Waals surface area contributed by atoms with Gasteiger partial charge in [-0.1, -0.05) is 43.7 Å². The summed E-state index contributed by atoms with van der Waals surface area (Å²) in [5.41, 5.74) is -0.0361. The summed E-state index contributed by atoms with van der Waals surface area (Å²) in [6.07, 6.45) is 6.70. The van der Waals surface area contributed by atoms with Gasteiger partial charge in [-0.2, -0.15) is 0 Å². The molecule has 3 heterocycles. The normalized spacial score (nSPS) is 19.3. The van der Waals surface area contributed by atoms with Crippen LogP contribution in [0.5, 0.6) is 0 Å². The maximum absolute atomic E-state index is 12.8. The first-order chi connectivity index (χ1) is 16.9. The molecule has 1 amide bonds. The van der Waals surface area contributed by atoms with Gasteiger partial charge in [-0.15, -0.1) is 0 Å². The number of aromatic nitrogens is 2. The number of amides is 1. The summed E-state index contributed by atoms with van der Waals surface area (Å²) in [7, 11) is 0. The second-order valence-electron chi connectivity index (χ2n) is 10.2. The van der Waals surface area contributed by atoms with Crippen LogP contribution in [-0.2, 0) is 11.3 Å². The van der Waals surface area contributed by atoms with E-state index in [9.17, 15) is 14.7 Å². The van der Waals surface area contributed by atoms with E-state index in [2.05, 4.69) is 22.1 Å². The van der Waals surface area contributed by atoms with Crippen LogP contribution in [0.3, 0.4) is 0 Å². The molecule has 8 nitrogen and oxygen atoms in total. The Labute approximate surface area is 208 Å². The zero-order chi connectivity index (χ0) is 24.7. The van der Waals surface area contributed by atoms with Crippen molar-refractivity contribution in [3.63, 3.8) is 0 Å². The van der Waals surface area contributed by atoms with E-state index in [-0.39, 0.29) is 23.9 Å². The number of nitrogens with one attached hydrogen (secondary N) is 1. The molecule has 2 aliphatic rings. The SMILES string of the molecule is CC(CC(=O)N1CCC(O)(Cn2cnc(NCCN3CCCCC3)cc2=O)CC1)c1ccccc1. The van der Waals surface area contributed by atoms with Crippen LogP contribution in [0.1, 0.15) is 56.9 Å². The lowest BCUT2D eigenvalue weighted by atomic mass is 9.90. The molecular weight excluding hydrogens is 442 g/mol. The minimum absolute atomic E-state index is 0.113. The summed E-state index contributed by atoms with van der Waals surface area (Å²) in [6, 6.07) is 11.6. The van der Waals surface area contributed by atoms with Crippen LogP contribution >= 0.6 is 0 Å². The summed E-state index contributed by atoms with van der Waals surface area (Å²) < 4.78 is 1.48. The monoisotopic (exact) mass is 481 g/mol. The van der Waals surface area contributed by atoms with E-state index in [4.69, 9.17) is 0 Å². The van der Waals surface area contributed by atoms with Crippen LogP contribution in [0.2, 0.25) is 0 Å². The highest BCUT2D eigenvalue weighted by molar-refractivity contribution is 5.77. The Bertz CT molecular complexity index is 1010. The molecular formula is C27H39N5O3. The minimum Gasteiger partial charge on any atom is -0.388 e. The van der Waals surface area contributed by atoms with Crippen LogP contribution in [-0.4, -0.2) is 75.2 Å². The van der Waals surface area contributed by atoms with Gasteiger partial charge in [-0.3, -0.25) is 14.2 Å². The number of anilines is 1. The van der Waals surface area contributed by atoms with E-state index < -0.39 is 5.60 Å². The first-order valence-corrected chi connectivity index (χ1v) is 13.0. The number of piperidine rings is 2. The fraction of sp³-hybridized carbons (Fsp3) is 0.593. The van der Waals surface area contributed by atoms with Crippen molar-refractivity contribution in [3.05, 3.63) is 58.6 Å². The molecule has 35 heavy (non-hydrogen) atoms. The van der Waals surface area contributed by atoms with Gasteiger partial charge in [0.1, 0.15) is 5.82 Å². The molecule has 0 aliphatic carbocycles. The van der Waals surface area contributed by atoms with Crippen LogP contribution in [0.15, 0.2) is 47.5 Å². The molecule has 2 saturated heterocycles. The zero-order valence-corrected chi connectivity index (χ0v) is 20.9. The number of hydrogen-bond donors (Lipinski definition) is 2. The first kappa shape index (κ1) is 25.4. The molecule has 8 heteroatoms. The Morgan fingerprint density at radius 2 is 1.83 bits per heavy atom. The fourth-order valence-corrected chi connectivity index (χ4v) is 5.10. The second-order valence-corrected chi connectivity index (χ2v) is 10.2. The van der Waals surface area contributed by atoms with E-state index in [1.165, 1.54) is 36.2 Å². The van der Waals surface area contributed by atoms with Crippen molar-refractivity contribution in [2.24, 2.45) is 0 Å². The Kier molecular flexibility index (Phi) is 8.57. The largest absolute Gasteiger partial charge is 0.388 e. The second kappa shape index (κ2) is 11.8. The number of rotatable bonds is 9. The van der Waals surface area contributed by atoms with Crippen molar-refractivity contribution < 1.29 is 9.90 Å². The van der Waals surface area contributed by atoms with Gasteiger partial charge in [0.2, 0.25) is 5.91 Å². The highest BCUT2D eigenvalue weighted by atomic mass is 16.3. The molecule has 2 N–H and O–H groups in total. The first-order valence-electron chi connectivity index (χ1n) is 13.0. The summed E-state index contributed by atoms with van der Waals surface area (Å²) in [5.74, 6) is 0.839. The van der Waals surface area contributed by atoms with Gasteiger partial charge >= 0.3 is 0 Å². The van der Waals surface area contributed by atoms with Crippen molar-refractivity contribution in [2.45, 2.75) is 63.5 Å². The van der Waals surface area contributed by atoms with Crippen LogP contribution in [0.25, 0.3) is 0 Å². The average Bonchev–Trinajstić information content (AvgIpc) is 2.87. The third kappa shape index (κ3) is 7.15. The topological polar surface area (TPSA) is 90.7 Å². The molecule has 1 aromatic carbocycles. The molecule has 0 spiro atoms. The number of carbonyl (C=O) groups excluding carboxylic acids is 1. The summed E-state index contributed by atoms with van der Waals surface area (Å²) in [6.45, 7) is 7.24. The van der Waals surface area contributed by atoms with Crippen molar-refractivity contribution in [2.75, 3.05) is 44.6 Å². The van der Waals surface area contributed by atoms with Crippen LogP contribution < -0.4 is 10.9 Å². The van der Waals surface area contributed by atoms with E-state index in [0.717, 1.165) is 31.7 Å². The molecule has 2 fully saturated rings. The zero-order valence-electron chi connectivity index (χ0n) is 20.9. The van der Waals surface area contributed by atoms with E-state index in [1.807, 2.05) is 35.2 Å². The van der Waals surface area contributed by atoms with Gasteiger partial charge < -0.3 is 20.2 Å². The van der Waals surface area contributed by atoms with E-state index in [0.29, 0.717) is 38.2 Å². The molecule has 4 rings (SSSR count). The molecule has 0 bridgehead atoms. The van der Waals surface area contributed by atoms with E-state index in [1.54, 1.807) is 0 Å². The number of carbonyl (C=O) groups is 1. The Morgan fingerprint density at radius 3 is 2.51 bits per heavy atom. The number of hydrogen-bond acceptors (Lipinski definition) is 6. The number of nitrogens with zero attached hydrogens (tertiary/aromatic N) is 4. The molecule has 2 aromatic rings. The lowest BCUT2D eigenvalue weighted by molar-refractivity contribution is -0.136. The highest BCUT2D eigenvalue weighted by Gasteiger charge is 2.34. The van der Waals surface area contributed by atoms with Crippen LogP contribution in [0.4, 0.5) is 5.82 Å². The maximum atomic E-state index is 12.8. The van der Waals surface area contributed by atoms with Crippen molar-refractivity contribution >= 4 is 11.7 Å². The minimum atomic E-state index is -1.02. The Balaban J connectivity index is 1.24. The number of benzene rings is 1. The molecule has 0 radical (unpaired) electrons. The quantitative estimate of drug-likeness (QED) is 0.572. The van der Waals surface area contributed by atoms with Gasteiger partial charge in [0.25, 0.3) is 5.56 Å². The van der Waals surface area contributed by atoms with E-state index >= 15 is 0 Å². The van der Waals surface area contributed by atoms with Gasteiger partial charge in [-0.25, -0.2) is 4.98 Å². The lowest BCUT2D eigenvalue weighted by Gasteiger charge is -2.38. The standard InChI is InChI=1S/C27H39N5O3/c1-22(23-8-4-2-5-9-23)18-25(33)31-15-10-27(35,11-16-31)20-32-21-29-24(19-26(32)34)28-12-17-30-13-6-3-7-14-30/h2,4-5,8-9,19,21-22,28,35H,3,6-7,10-18,20H2,1H3. The van der Waals surface area contributed by atoms with Crippen molar-refractivity contribution in [1.82, 2.24) is 19.4 Å². The number of likely N-dealkylation sites (tertiary alicyclic amines) is 2. The third-order valence-electron chi connectivity index (χ3n) is 7.42. The van der Waals surface area contributed by atoms with Crippen molar-refractivity contribution in [3.8, 4) is 0 Å². The van der Waals surface area contributed by atoms with Crippen molar-refractivity contribution in [1.29, 1.82) is 0 Å². The smallest absolute Gasteiger partial charge is 0.255 e. The fourth-order valence-electron chi connectivity index (χ4n) is 5.10. The molecule has 2 aliphatic heterocycles. The summed E-state index contributed by atoms with van der Waals surface area (Å²) in [4.78, 5) is 34.1. The Hall–Kier alpha value is -2.71. The van der Waals surface area contributed by atoms with Crippen LogP contribution in [0, 0.1) is 0 Å². The summed E-state index contributed by atoms with van der Waals surface area (Å²) >= 11 is 0. The molecule has 1 aromatic heterocycles. The molecule has 1 atom stereocenters. The van der Waals surface area contributed by atoms with Gasteiger partial charge in [0.15, 0.2) is 0 Å². The highest BCUT2D eigenvalue weighted by Crippen LogP contribution is 2.26. The lowest BCUT2D eigenvalue weighted by Crippen LogP contribution is -2.49. The third-order valence-corrected chi connectivity index (χ3v) is 7.42. The van der Waals surface area contributed by atoms with Gasteiger partial charge in [-0.05, 0) is 50.3 Å². The summed E-state index contributed by atoms with van der Waals surface area (Å²) in [5, 5.41) is 14.4. The molecule has 1 unspecified atom stereocenters.